The molecular formula is C18H16BrNO2S. The van der Waals surface area contributed by atoms with Gasteiger partial charge in [0.2, 0.25) is 0 Å². The molecule has 23 heavy (non-hydrogen) atoms. The first-order valence-electron chi connectivity index (χ1n) is 7.25. The van der Waals surface area contributed by atoms with Gasteiger partial charge in [0, 0.05) is 0 Å². The fraction of sp³-hybridized carbons (Fsp3) is 0.167. The zero-order valence-corrected chi connectivity index (χ0v) is 15.3. The molecule has 0 N–H and O–H groups in total. The van der Waals surface area contributed by atoms with Crippen LogP contribution >= 0.6 is 27.3 Å². The van der Waals surface area contributed by atoms with Crippen LogP contribution in [0.2, 0.25) is 0 Å². The Morgan fingerprint density at radius 3 is 2.78 bits per heavy atom. The smallest absolute Gasteiger partial charge is 0.175 e. The van der Waals surface area contributed by atoms with Gasteiger partial charge in [-0.25, -0.2) is 4.98 Å². The number of benzene rings is 2. The third-order valence-electron chi connectivity index (χ3n) is 3.27. The van der Waals surface area contributed by atoms with Crippen molar-refractivity contribution in [1.82, 2.24) is 4.98 Å². The molecule has 5 heteroatoms. The van der Waals surface area contributed by atoms with E-state index in [9.17, 15) is 0 Å². The van der Waals surface area contributed by atoms with Crippen LogP contribution in [0.15, 0.2) is 40.9 Å². The molecule has 3 rings (SSSR count). The highest BCUT2D eigenvalue weighted by Gasteiger charge is 2.10. The van der Waals surface area contributed by atoms with Crippen molar-refractivity contribution in [2.45, 2.75) is 6.92 Å². The highest BCUT2D eigenvalue weighted by atomic mass is 79.9. The molecule has 3 aromatic rings. The van der Waals surface area contributed by atoms with Gasteiger partial charge >= 0.3 is 0 Å². The lowest BCUT2D eigenvalue weighted by molar-refractivity contribution is 0.309. The standard InChI is InChI=1S/C18H16BrNO2S/c1-3-22-18-13(19)10-12(11-15(18)21-2)8-9-17-20-14-6-4-5-7-16(14)23-17/h4-11H,3H2,1-2H3/b9-8+. The fourth-order valence-corrected chi connectivity index (χ4v) is 3.69. The van der Waals surface area contributed by atoms with Crippen molar-refractivity contribution in [2.24, 2.45) is 0 Å². The molecule has 0 saturated heterocycles. The number of thiazole rings is 1. The molecule has 3 nitrogen and oxygen atoms in total. The van der Waals surface area contributed by atoms with E-state index < -0.39 is 0 Å². The van der Waals surface area contributed by atoms with Crippen molar-refractivity contribution in [3.63, 3.8) is 0 Å². The van der Waals surface area contributed by atoms with Crippen molar-refractivity contribution in [3.05, 3.63) is 51.4 Å². The van der Waals surface area contributed by atoms with E-state index in [2.05, 4.69) is 27.0 Å². The third-order valence-corrected chi connectivity index (χ3v) is 4.86. The van der Waals surface area contributed by atoms with Crippen LogP contribution in [-0.4, -0.2) is 18.7 Å². The van der Waals surface area contributed by atoms with E-state index >= 15 is 0 Å². The summed E-state index contributed by atoms with van der Waals surface area (Å²) >= 11 is 5.22. The van der Waals surface area contributed by atoms with Crippen molar-refractivity contribution in [3.8, 4) is 11.5 Å². The summed E-state index contributed by atoms with van der Waals surface area (Å²) in [6.45, 7) is 2.54. The fourth-order valence-electron chi connectivity index (χ4n) is 2.25. The van der Waals surface area contributed by atoms with E-state index in [4.69, 9.17) is 9.47 Å². The first-order valence-corrected chi connectivity index (χ1v) is 8.86. The molecule has 0 atom stereocenters. The molecule has 0 spiro atoms. The van der Waals surface area contributed by atoms with Crippen LogP contribution in [0.1, 0.15) is 17.5 Å². The zero-order chi connectivity index (χ0) is 16.2. The van der Waals surface area contributed by atoms with Gasteiger partial charge in [-0.3, -0.25) is 0 Å². The number of aromatic nitrogens is 1. The normalized spacial score (nSPS) is 11.3. The van der Waals surface area contributed by atoms with Crippen molar-refractivity contribution < 1.29 is 9.47 Å². The summed E-state index contributed by atoms with van der Waals surface area (Å²) in [4.78, 5) is 4.60. The Kier molecular flexibility index (Phi) is 4.98. The summed E-state index contributed by atoms with van der Waals surface area (Å²) in [5, 5.41) is 0.982. The van der Waals surface area contributed by atoms with Crippen LogP contribution in [0.3, 0.4) is 0 Å². The quantitative estimate of drug-likeness (QED) is 0.565. The second kappa shape index (κ2) is 7.15. The molecule has 1 heterocycles. The molecule has 0 saturated carbocycles. The molecule has 0 aliphatic rings. The van der Waals surface area contributed by atoms with Crippen molar-refractivity contribution in [1.29, 1.82) is 0 Å². The van der Waals surface area contributed by atoms with Crippen LogP contribution < -0.4 is 9.47 Å². The predicted octanol–water partition coefficient (Wildman–Crippen LogP) is 5.64. The molecule has 2 aromatic carbocycles. The van der Waals surface area contributed by atoms with Gasteiger partial charge in [-0.2, -0.15) is 0 Å². The van der Waals surface area contributed by atoms with E-state index in [1.165, 1.54) is 4.70 Å². The Bertz CT molecular complexity index is 824. The van der Waals surface area contributed by atoms with Gasteiger partial charge < -0.3 is 9.47 Å². The minimum atomic E-state index is 0.593. The molecular weight excluding hydrogens is 374 g/mol. The van der Waals surface area contributed by atoms with Gasteiger partial charge in [0.15, 0.2) is 11.5 Å². The number of halogens is 1. The summed E-state index contributed by atoms with van der Waals surface area (Å²) < 4.78 is 13.1. The number of para-hydroxylation sites is 1. The van der Waals surface area contributed by atoms with Gasteiger partial charge in [0.25, 0.3) is 0 Å². The topological polar surface area (TPSA) is 31.4 Å². The Labute approximate surface area is 147 Å². The van der Waals surface area contributed by atoms with Gasteiger partial charge in [-0.05, 0) is 58.8 Å². The van der Waals surface area contributed by atoms with E-state index in [0.717, 1.165) is 26.3 Å². The number of ether oxygens (including phenoxy) is 2. The Hall–Kier alpha value is -1.85. The second-order valence-electron chi connectivity index (χ2n) is 4.82. The molecule has 118 valence electrons. The van der Waals surface area contributed by atoms with Crippen LogP contribution in [-0.2, 0) is 0 Å². The number of methoxy groups -OCH3 is 1. The van der Waals surface area contributed by atoms with Crippen LogP contribution in [0.25, 0.3) is 22.4 Å². The maximum absolute atomic E-state index is 5.61. The van der Waals surface area contributed by atoms with Crippen LogP contribution in [0, 0.1) is 0 Å². The van der Waals surface area contributed by atoms with Crippen molar-refractivity contribution in [2.75, 3.05) is 13.7 Å². The lowest BCUT2D eigenvalue weighted by atomic mass is 10.2. The number of nitrogens with zero attached hydrogens (tertiary/aromatic N) is 1. The van der Waals surface area contributed by atoms with E-state index in [1.54, 1.807) is 18.4 Å². The molecule has 0 bridgehead atoms. The summed E-state index contributed by atoms with van der Waals surface area (Å²) in [6.07, 6.45) is 4.05. The lowest BCUT2D eigenvalue weighted by Crippen LogP contribution is -1.96. The summed E-state index contributed by atoms with van der Waals surface area (Å²) in [5.74, 6) is 1.44. The average molecular weight is 390 g/mol. The highest BCUT2D eigenvalue weighted by molar-refractivity contribution is 9.10. The molecule has 0 unspecified atom stereocenters. The van der Waals surface area contributed by atoms with E-state index in [-0.39, 0.29) is 0 Å². The Morgan fingerprint density at radius 2 is 2.04 bits per heavy atom. The Balaban J connectivity index is 1.91. The minimum Gasteiger partial charge on any atom is -0.493 e. The largest absolute Gasteiger partial charge is 0.493 e. The molecule has 0 fully saturated rings. The SMILES string of the molecule is CCOc1c(Br)cc(/C=C/c2nc3ccccc3s2)cc1OC. The number of rotatable bonds is 5. The predicted molar refractivity (Wildman–Crippen MR) is 100 cm³/mol. The zero-order valence-electron chi connectivity index (χ0n) is 12.9. The van der Waals surface area contributed by atoms with Gasteiger partial charge in [0.05, 0.1) is 28.4 Å². The number of hydrogen-bond acceptors (Lipinski definition) is 4. The molecule has 0 amide bonds. The summed E-state index contributed by atoms with van der Waals surface area (Å²) in [5.41, 5.74) is 2.05. The summed E-state index contributed by atoms with van der Waals surface area (Å²) in [6, 6.07) is 12.1. The van der Waals surface area contributed by atoms with Crippen LogP contribution in [0.5, 0.6) is 11.5 Å². The third kappa shape index (κ3) is 3.57. The Morgan fingerprint density at radius 1 is 1.22 bits per heavy atom. The lowest BCUT2D eigenvalue weighted by Gasteiger charge is -2.12. The minimum absolute atomic E-state index is 0.593. The summed E-state index contributed by atoms with van der Waals surface area (Å²) in [7, 11) is 1.64. The van der Waals surface area contributed by atoms with Gasteiger partial charge in [-0.15, -0.1) is 11.3 Å². The molecule has 0 aliphatic heterocycles. The van der Waals surface area contributed by atoms with E-state index in [1.807, 2.05) is 49.4 Å². The van der Waals surface area contributed by atoms with Crippen LogP contribution in [0.4, 0.5) is 0 Å². The average Bonchev–Trinajstić information content (AvgIpc) is 2.98. The van der Waals surface area contributed by atoms with Crippen molar-refractivity contribution >= 4 is 49.6 Å². The molecule has 0 aliphatic carbocycles. The number of fused-ring (bicyclic) bond motifs is 1. The molecule has 1 aromatic heterocycles. The second-order valence-corrected chi connectivity index (χ2v) is 6.74. The monoisotopic (exact) mass is 389 g/mol. The van der Waals surface area contributed by atoms with Gasteiger partial charge in [0.1, 0.15) is 5.01 Å². The van der Waals surface area contributed by atoms with Gasteiger partial charge in [-0.1, -0.05) is 18.2 Å². The maximum Gasteiger partial charge on any atom is 0.175 e. The first-order chi connectivity index (χ1) is 11.2. The molecule has 0 radical (unpaired) electrons. The van der Waals surface area contributed by atoms with E-state index in [0.29, 0.717) is 12.4 Å². The maximum atomic E-state index is 5.61. The first kappa shape index (κ1) is 16.0. The highest BCUT2D eigenvalue weighted by Crippen LogP contribution is 2.37. The number of hydrogen-bond donors (Lipinski definition) is 0.